The van der Waals surface area contributed by atoms with Gasteiger partial charge in [-0.15, -0.1) is 0 Å². The number of nitrogen functional groups attached to an aromatic ring is 1. The SMILES string of the molecule is COCCN(C(=O)c1cc(N)ccc1Cl)C(C)C. The maximum absolute atomic E-state index is 12.4. The van der Waals surface area contributed by atoms with Crippen LogP contribution in [0.4, 0.5) is 5.69 Å². The minimum absolute atomic E-state index is 0.0742. The van der Waals surface area contributed by atoms with Crippen LogP contribution in [-0.2, 0) is 4.74 Å². The van der Waals surface area contributed by atoms with Crippen LogP contribution < -0.4 is 5.73 Å². The maximum atomic E-state index is 12.4. The highest BCUT2D eigenvalue weighted by molar-refractivity contribution is 6.34. The van der Waals surface area contributed by atoms with Crippen LogP contribution in [-0.4, -0.2) is 37.1 Å². The Morgan fingerprint density at radius 2 is 2.17 bits per heavy atom. The number of halogens is 1. The first-order chi connectivity index (χ1) is 8.47. The first kappa shape index (κ1) is 14.8. The van der Waals surface area contributed by atoms with Crippen LogP contribution in [0.1, 0.15) is 24.2 Å². The Morgan fingerprint density at radius 3 is 2.72 bits per heavy atom. The van der Waals surface area contributed by atoms with E-state index in [9.17, 15) is 4.79 Å². The molecule has 0 aliphatic carbocycles. The molecule has 0 heterocycles. The Hall–Kier alpha value is -1.26. The fraction of sp³-hybridized carbons (Fsp3) is 0.462. The van der Waals surface area contributed by atoms with Crippen molar-refractivity contribution in [3.05, 3.63) is 28.8 Å². The molecule has 0 fully saturated rings. The van der Waals surface area contributed by atoms with Gasteiger partial charge in [-0.1, -0.05) is 11.6 Å². The summed E-state index contributed by atoms with van der Waals surface area (Å²) in [5.74, 6) is -0.126. The molecule has 4 nitrogen and oxygen atoms in total. The number of hydrogen-bond acceptors (Lipinski definition) is 3. The topological polar surface area (TPSA) is 55.6 Å². The van der Waals surface area contributed by atoms with Gasteiger partial charge in [0.2, 0.25) is 0 Å². The number of amides is 1. The molecule has 0 saturated carbocycles. The standard InChI is InChI=1S/C13H19ClN2O2/c1-9(2)16(6-7-18-3)13(17)11-8-10(15)4-5-12(11)14/h4-5,8-9H,6-7,15H2,1-3H3. The highest BCUT2D eigenvalue weighted by Gasteiger charge is 2.20. The Morgan fingerprint density at radius 1 is 1.50 bits per heavy atom. The van der Waals surface area contributed by atoms with Crippen LogP contribution in [0.2, 0.25) is 5.02 Å². The van der Waals surface area contributed by atoms with E-state index in [2.05, 4.69) is 0 Å². The summed E-state index contributed by atoms with van der Waals surface area (Å²) >= 11 is 6.04. The number of nitrogens with zero attached hydrogens (tertiary/aromatic N) is 1. The zero-order chi connectivity index (χ0) is 13.7. The summed E-state index contributed by atoms with van der Waals surface area (Å²) in [6.07, 6.45) is 0. The van der Waals surface area contributed by atoms with Crippen LogP contribution in [0.25, 0.3) is 0 Å². The van der Waals surface area contributed by atoms with E-state index in [0.29, 0.717) is 29.4 Å². The summed E-state index contributed by atoms with van der Waals surface area (Å²) in [5.41, 5.74) is 6.65. The molecule has 0 aromatic heterocycles. The van der Waals surface area contributed by atoms with E-state index in [1.807, 2.05) is 13.8 Å². The summed E-state index contributed by atoms with van der Waals surface area (Å²) in [7, 11) is 1.61. The molecular formula is C13H19ClN2O2. The Bertz CT molecular complexity index is 421. The summed E-state index contributed by atoms with van der Waals surface area (Å²) in [5, 5.41) is 0.414. The average Bonchev–Trinajstić information content (AvgIpc) is 2.32. The van der Waals surface area contributed by atoms with E-state index >= 15 is 0 Å². The minimum Gasteiger partial charge on any atom is -0.399 e. The van der Waals surface area contributed by atoms with Gasteiger partial charge in [-0.05, 0) is 32.0 Å². The van der Waals surface area contributed by atoms with Crippen LogP contribution >= 0.6 is 11.6 Å². The molecule has 0 atom stereocenters. The van der Waals surface area contributed by atoms with Crippen LogP contribution in [0.5, 0.6) is 0 Å². The van der Waals surface area contributed by atoms with Gasteiger partial charge in [-0.2, -0.15) is 0 Å². The Kier molecular flexibility index (Phi) is 5.44. The molecule has 0 aliphatic rings. The van der Waals surface area contributed by atoms with Crippen molar-refractivity contribution in [2.45, 2.75) is 19.9 Å². The molecule has 2 N–H and O–H groups in total. The number of methoxy groups -OCH3 is 1. The van der Waals surface area contributed by atoms with Crippen molar-refractivity contribution in [2.24, 2.45) is 0 Å². The number of hydrogen-bond donors (Lipinski definition) is 1. The molecule has 18 heavy (non-hydrogen) atoms. The largest absolute Gasteiger partial charge is 0.399 e. The number of benzene rings is 1. The molecule has 0 aliphatic heterocycles. The van der Waals surface area contributed by atoms with Gasteiger partial charge >= 0.3 is 0 Å². The summed E-state index contributed by atoms with van der Waals surface area (Å²) in [6, 6.07) is 4.99. The van der Waals surface area contributed by atoms with Crippen molar-refractivity contribution >= 4 is 23.2 Å². The van der Waals surface area contributed by atoms with Crippen molar-refractivity contribution in [1.29, 1.82) is 0 Å². The smallest absolute Gasteiger partial charge is 0.255 e. The van der Waals surface area contributed by atoms with E-state index in [4.69, 9.17) is 22.1 Å². The lowest BCUT2D eigenvalue weighted by atomic mass is 10.1. The van der Waals surface area contributed by atoms with Crippen LogP contribution in [0.3, 0.4) is 0 Å². The predicted molar refractivity (Wildman–Crippen MR) is 73.9 cm³/mol. The molecular weight excluding hydrogens is 252 g/mol. The third-order valence-corrected chi connectivity index (χ3v) is 2.97. The first-order valence-corrected chi connectivity index (χ1v) is 6.20. The van der Waals surface area contributed by atoms with Gasteiger partial charge in [0.25, 0.3) is 5.91 Å². The maximum Gasteiger partial charge on any atom is 0.255 e. The summed E-state index contributed by atoms with van der Waals surface area (Å²) < 4.78 is 5.01. The molecule has 100 valence electrons. The van der Waals surface area contributed by atoms with Crippen molar-refractivity contribution < 1.29 is 9.53 Å². The fourth-order valence-electron chi connectivity index (χ4n) is 1.65. The van der Waals surface area contributed by atoms with Gasteiger partial charge in [0.15, 0.2) is 0 Å². The molecule has 0 saturated heterocycles. The molecule has 0 radical (unpaired) electrons. The van der Waals surface area contributed by atoms with E-state index < -0.39 is 0 Å². The Labute approximate surface area is 113 Å². The quantitative estimate of drug-likeness (QED) is 0.836. The van der Waals surface area contributed by atoms with Gasteiger partial charge in [-0.3, -0.25) is 4.79 Å². The van der Waals surface area contributed by atoms with Gasteiger partial charge in [0, 0.05) is 25.4 Å². The highest BCUT2D eigenvalue weighted by Crippen LogP contribution is 2.21. The number of anilines is 1. The van der Waals surface area contributed by atoms with Crippen molar-refractivity contribution in [3.63, 3.8) is 0 Å². The lowest BCUT2D eigenvalue weighted by molar-refractivity contribution is 0.0635. The monoisotopic (exact) mass is 270 g/mol. The van der Waals surface area contributed by atoms with Gasteiger partial charge < -0.3 is 15.4 Å². The molecule has 1 aromatic carbocycles. The van der Waals surface area contributed by atoms with E-state index in [0.717, 1.165) is 0 Å². The van der Waals surface area contributed by atoms with Gasteiger partial charge in [-0.25, -0.2) is 0 Å². The predicted octanol–water partition coefficient (Wildman–Crippen LogP) is 2.42. The van der Waals surface area contributed by atoms with Crippen LogP contribution in [0.15, 0.2) is 18.2 Å². The number of nitrogens with two attached hydrogens (primary N) is 1. The zero-order valence-electron chi connectivity index (χ0n) is 10.9. The molecule has 5 heteroatoms. The molecule has 1 amide bonds. The average molecular weight is 271 g/mol. The molecule has 1 rings (SSSR count). The van der Waals surface area contributed by atoms with Gasteiger partial charge in [0.05, 0.1) is 17.2 Å². The number of carbonyl (C=O) groups is 1. The third-order valence-electron chi connectivity index (χ3n) is 2.64. The van der Waals surface area contributed by atoms with E-state index in [-0.39, 0.29) is 11.9 Å². The number of rotatable bonds is 5. The van der Waals surface area contributed by atoms with Crippen molar-refractivity contribution in [3.8, 4) is 0 Å². The third kappa shape index (κ3) is 3.62. The summed E-state index contributed by atoms with van der Waals surface area (Å²) in [4.78, 5) is 14.1. The first-order valence-electron chi connectivity index (χ1n) is 5.82. The van der Waals surface area contributed by atoms with Gasteiger partial charge in [0.1, 0.15) is 0 Å². The molecule has 0 bridgehead atoms. The van der Waals surface area contributed by atoms with Crippen molar-refractivity contribution in [1.82, 2.24) is 4.90 Å². The Balaban J connectivity index is 2.98. The molecule has 1 aromatic rings. The second-order valence-electron chi connectivity index (χ2n) is 4.32. The second-order valence-corrected chi connectivity index (χ2v) is 4.73. The van der Waals surface area contributed by atoms with E-state index in [1.165, 1.54) is 0 Å². The molecule has 0 unspecified atom stereocenters. The lowest BCUT2D eigenvalue weighted by Crippen LogP contribution is -2.39. The minimum atomic E-state index is -0.126. The highest BCUT2D eigenvalue weighted by atomic mass is 35.5. The summed E-state index contributed by atoms with van der Waals surface area (Å²) in [6.45, 7) is 4.92. The lowest BCUT2D eigenvalue weighted by Gasteiger charge is -2.27. The zero-order valence-corrected chi connectivity index (χ0v) is 11.7. The number of carbonyl (C=O) groups excluding carboxylic acids is 1. The van der Waals surface area contributed by atoms with E-state index in [1.54, 1.807) is 30.2 Å². The second kappa shape index (κ2) is 6.61. The number of ether oxygens (including phenoxy) is 1. The fourth-order valence-corrected chi connectivity index (χ4v) is 1.84. The normalized spacial score (nSPS) is 10.7. The van der Waals surface area contributed by atoms with Crippen LogP contribution in [0, 0.1) is 0 Å². The molecule has 0 spiro atoms. The van der Waals surface area contributed by atoms with Crippen molar-refractivity contribution in [2.75, 3.05) is 26.0 Å².